The zero-order valence-electron chi connectivity index (χ0n) is 18.1. The molecule has 4 unspecified atom stereocenters. The van der Waals surface area contributed by atoms with Gasteiger partial charge in [0, 0.05) is 32.7 Å². The summed E-state index contributed by atoms with van der Waals surface area (Å²) in [5.74, 6) is 0. The van der Waals surface area contributed by atoms with Gasteiger partial charge in [-0.05, 0) is 24.3 Å². The average Bonchev–Trinajstić information content (AvgIpc) is 2.81. The van der Waals surface area contributed by atoms with E-state index in [1.807, 2.05) is 12.2 Å². The second-order valence-electron chi connectivity index (χ2n) is 8.17. The van der Waals surface area contributed by atoms with Crippen molar-refractivity contribution in [3.63, 3.8) is 0 Å². The molecule has 0 heterocycles. The molecular formula is C24H20Cl2N4O4S. The van der Waals surface area contributed by atoms with Gasteiger partial charge in [-0.1, -0.05) is 71.8 Å². The van der Waals surface area contributed by atoms with E-state index >= 15 is 0 Å². The number of allylic oxidation sites excluding steroid dienone is 4. The highest BCUT2D eigenvalue weighted by atomic mass is 35.5. The van der Waals surface area contributed by atoms with Crippen LogP contribution in [0.1, 0.15) is 11.1 Å². The Morgan fingerprint density at radius 2 is 1.14 bits per heavy atom. The summed E-state index contributed by atoms with van der Waals surface area (Å²) < 4.78 is 0. The topological polar surface area (TPSA) is 138 Å². The van der Waals surface area contributed by atoms with Crippen molar-refractivity contribution >= 4 is 46.3 Å². The number of nitro benzene ring substituents is 2. The zero-order chi connectivity index (χ0) is 25.4. The predicted octanol–water partition coefficient (Wildman–Crippen LogP) is 5.54. The van der Waals surface area contributed by atoms with Crippen LogP contribution in [0.3, 0.4) is 0 Å². The van der Waals surface area contributed by atoms with E-state index in [0.29, 0.717) is 11.1 Å². The highest BCUT2D eigenvalue weighted by Gasteiger charge is 2.45. The maximum absolute atomic E-state index is 11.8. The van der Waals surface area contributed by atoms with Crippen LogP contribution >= 0.6 is 35.0 Å². The highest BCUT2D eigenvalue weighted by Crippen LogP contribution is 2.47. The molecule has 2 aromatic carbocycles. The Hall–Kier alpha value is -2.95. The lowest BCUT2D eigenvalue weighted by Gasteiger charge is -2.41. The summed E-state index contributed by atoms with van der Waals surface area (Å²) in [6.45, 7) is 0. The molecule has 0 saturated heterocycles. The van der Waals surface area contributed by atoms with Crippen LogP contribution in [0.25, 0.3) is 0 Å². The van der Waals surface area contributed by atoms with Gasteiger partial charge in [0.2, 0.25) is 0 Å². The fourth-order valence-electron chi connectivity index (χ4n) is 4.27. The Kier molecular flexibility index (Phi) is 6.90. The van der Waals surface area contributed by atoms with Gasteiger partial charge >= 0.3 is 0 Å². The second-order valence-corrected chi connectivity index (χ2v) is 10.3. The van der Waals surface area contributed by atoms with Gasteiger partial charge in [-0.2, -0.15) is 0 Å². The lowest BCUT2D eigenvalue weighted by molar-refractivity contribution is -0.386. The molecule has 11 heteroatoms. The quantitative estimate of drug-likeness (QED) is 0.369. The standard InChI is InChI=1S/C24H20Cl2N4O4S/c25-15-7-9-17(19(13-15)29(31)32)23(27)11-3-1-5-21(23)35-22-6-2-4-12-24(22,28)18-10-8-16(26)14-20(18)30(33)34/h1-14,21-22H,27-28H2. The summed E-state index contributed by atoms with van der Waals surface area (Å²) in [7, 11) is 0. The number of halogens is 2. The fraction of sp³-hybridized carbons (Fsp3) is 0.167. The number of benzene rings is 2. The molecule has 35 heavy (non-hydrogen) atoms. The van der Waals surface area contributed by atoms with E-state index in [9.17, 15) is 20.2 Å². The van der Waals surface area contributed by atoms with Crippen molar-refractivity contribution in [2.45, 2.75) is 21.6 Å². The van der Waals surface area contributed by atoms with Crippen molar-refractivity contribution in [3.05, 3.63) is 126 Å². The van der Waals surface area contributed by atoms with Crippen LogP contribution < -0.4 is 11.5 Å². The normalized spacial score (nSPS) is 27.2. The van der Waals surface area contributed by atoms with Gasteiger partial charge < -0.3 is 11.5 Å². The van der Waals surface area contributed by atoms with Crippen LogP contribution in [0, 0.1) is 20.2 Å². The number of hydrogen-bond acceptors (Lipinski definition) is 7. The van der Waals surface area contributed by atoms with Crippen LogP contribution in [0.4, 0.5) is 11.4 Å². The van der Waals surface area contributed by atoms with Gasteiger partial charge in [0.1, 0.15) is 0 Å². The van der Waals surface area contributed by atoms with Gasteiger partial charge in [-0.25, -0.2) is 0 Å². The molecule has 0 spiro atoms. The fourth-order valence-corrected chi connectivity index (χ4v) is 6.14. The van der Waals surface area contributed by atoms with Gasteiger partial charge in [0.15, 0.2) is 0 Å². The van der Waals surface area contributed by atoms with E-state index in [1.54, 1.807) is 60.7 Å². The minimum absolute atomic E-state index is 0.197. The maximum atomic E-state index is 11.8. The van der Waals surface area contributed by atoms with E-state index in [1.165, 1.54) is 23.9 Å². The number of hydrogen-bond donors (Lipinski definition) is 2. The van der Waals surface area contributed by atoms with Crippen LogP contribution in [0.15, 0.2) is 85.0 Å². The first-order valence-corrected chi connectivity index (χ1v) is 12.1. The molecule has 180 valence electrons. The van der Waals surface area contributed by atoms with Crippen LogP contribution in [0.2, 0.25) is 10.0 Å². The molecule has 8 nitrogen and oxygen atoms in total. The van der Waals surface area contributed by atoms with Crippen molar-refractivity contribution in [2.75, 3.05) is 0 Å². The third-order valence-electron chi connectivity index (χ3n) is 6.02. The molecule has 0 radical (unpaired) electrons. The van der Waals surface area contributed by atoms with Crippen molar-refractivity contribution in [1.82, 2.24) is 0 Å². The third-order valence-corrected chi connectivity index (χ3v) is 8.17. The van der Waals surface area contributed by atoms with E-state index in [2.05, 4.69) is 0 Å². The first-order valence-electron chi connectivity index (χ1n) is 10.4. The molecule has 2 aromatic rings. The summed E-state index contributed by atoms with van der Waals surface area (Å²) in [6, 6.07) is 8.75. The summed E-state index contributed by atoms with van der Waals surface area (Å²) in [5.41, 5.74) is 11.3. The predicted molar refractivity (Wildman–Crippen MR) is 140 cm³/mol. The Morgan fingerprint density at radius 3 is 1.51 bits per heavy atom. The number of rotatable bonds is 6. The minimum Gasteiger partial charge on any atom is -0.317 e. The van der Waals surface area contributed by atoms with Gasteiger partial charge in [0.05, 0.1) is 32.1 Å². The van der Waals surface area contributed by atoms with Gasteiger partial charge in [-0.15, -0.1) is 11.8 Å². The van der Waals surface area contributed by atoms with Crippen molar-refractivity contribution < 1.29 is 9.85 Å². The van der Waals surface area contributed by atoms with E-state index in [4.69, 9.17) is 34.7 Å². The Morgan fingerprint density at radius 1 is 0.743 bits per heavy atom. The van der Waals surface area contributed by atoms with E-state index < -0.39 is 31.4 Å². The number of nitrogens with zero attached hydrogens (tertiary/aromatic N) is 2. The van der Waals surface area contributed by atoms with Crippen LogP contribution in [-0.4, -0.2) is 20.3 Å². The third kappa shape index (κ3) is 4.65. The Labute approximate surface area is 215 Å². The lowest BCUT2D eigenvalue weighted by Crippen LogP contribution is -2.50. The molecule has 0 amide bonds. The summed E-state index contributed by atoms with van der Waals surface area (Å²) in [4.78, 5) is 22.6. The molecule has 0 aromatic heterocycles. The van der Waals surface area contributed by atoms with Gasteiger partial charge in [0.25, 0.3) is 11.4 Å². The Balaban J connectivity index is 1.77. The monoisotopic (exact) mass is 530 g/mol. The molecule has 2 aliphatic rings. The molecule has 0 saturated carbocycles. The molecule has 0 aliphatic heterocycles. The van der Waals surface area contributed by atoms with E-state index in [-0.39, 0.29) is 21.4 Å². The number of nitro groups is 2. The van der Waals surface area contributed by atoms with Crippen LogP contribution in [-0.2, 0) is 11.1 Å². The highest BCUT2D eigenvalue weighted by molar-refractivity contribution is 8.01. The molecule has 0 fully saturated rings. The summed E-state index contributed by atoms with van der Waals surface area (Å²) >= 11 is 13.4. The maximum Gasteiger partial charge on any atom is 0.276 e. The lowest BCUT2D eigenvalue weighted by atomic mass is 9.83. The molecule has 0 bridgehead atoms. The van der Waals surface area contributed by atoms with Crippen molar-refractivity contribution in [1.29, 1.82) is 0 Å². The van der Waals surface area contributed by atoms with Gasteiger partial charge in [-0.3, -0.25) is 20.2 Å². The van der Waals surface area contributed by atoms with Crippen molar-refractivity contribution in [2.24, 2.45) is 11.5 Å². The Bertz CT molecular complexity index is 1230. The van der Waals surface area contributed by atoms with Crippen molar-refractivity contribution in [3.8, 4) is 0 Å². The zero-order valence-corrected chi connectivity index (χ0v) is 20.4. The molecule has 4 atom stereocenters. The molecular weight excluding hydrogens is 511 g/mol. The van der Waals surface area contributed by atoms with Crippen LogP contribution in [0.5, 0.6) is 0 Å². The first kappa shape index (κ1) is 25.2. The minimum atomic E-state index is -1.27. The second kappa shape index (κ2) is 9.60. The largest absolute Gasteiger partial charge is 0.317 e. The average molecular weight is 531 g/mol. The molecule has 4 N–H and O–H groups in total. The molecule has 4 rings (SSSR count). The number of nitrogens with two attached hydrogens (primary N) is 2. The first-order chi connectivity index (χ1) is 16.6. The summed E-state index contributed by atoms with van der Waals surface area (Å²) in [5, 5.41) is 23.0. The van der Waals surface area contributed by atoms with E-state index in [0.717, 1.165) is 0 Å². The smallest absolute Gasteiger partial charge is 0.276 e. The SMILES string of the molecule is NC1(c2ccc(Cl)cc2[N+](=O)[O-])C=CC=CC1SC1C=CC=CC1(N)c1ccc(Cl)cc1[N+](=O)[O-]. The number of thioether (sulfide) groups is 1. The molecule has 2 aliphatic carbocycles. The summed E-state index contributed by atoms with van der Waals surface area (Å²) in [6.07, 6.45) is 14.1.